The number of nitrogens with one attached hydrogen (secondary N) is 1. The second-order valence-corrected chi connectivity index (χ2v) is 5.56. The minimum absolute atomic E-state index is 0.202. The Morgan fingerprint density at radius 3 is 2.33 bits per heavy atom. The molecule has 0 aromatic heterocycles. The maximum atomic E-state index is 12.1. The smallest absolute Gasteiger partial charge is 0.328 e. The maximum absolute atomic E-state index is 12.1. The molecule has 1 aliphatic rings. The van der Waals surface area contributed by atoms with Gasteiger partial charge in [-0.15, -0.1) is 0 Å². The van der Waals surface area contributed by atoms with E-state index in [2.05, 4.69) is 10.1 Å². The summed E-state index contributed by atoms with van der Waals surface area (Å²) < 4.78 is 4.69. The van der Waals surface area contributed by atoms with Crippen LogP contribution < -0.4 is 11.1 Å². The van der Waals surface area contributed by atoms with Gasteiger partial charge in [-0.3, -0.25) is 4.79 Å². The van der Waals surface area contributed by atoms with Crippen LogP contribution in [0.5, 0.6) is 0 Å². The van der Waals surface area contributed by atoms with E-state index in [4.69, 9.17) is 18.0 Å². The van der Waals surface area contributed by atoms with Crippen molar-refractivity contribution in [1.29, 1.82) is 0 Å². The van der Waals surface area contributed by atoms with Gasteiger partial charge in [-0.1, -0.05) is 26.1 Å². The number of amides is 1. The predicted molar refractivity (Wildman–Crippen MR) is 71.9 cm³/mol. The second kappa shape index (κ2) is 5.65. The Morgan fingerprint density at radius 1 is 1.44 bits per heavy atom. The highest BCUT2D eigenvalue weighted by Crippen LogP contribution is 2.46. The molecular weight excluding hydrogens is 252 g/mol. The average molecular weight is 272 g/mol. The average Bonchev–Trinajstić information content (AvgIpc) is 3.07. The summed E-state index contributed by atoms with van der Waals surface area (Å²) >= 11 is 4.91. The van der Waals surface area contributed by atoms with Gasteiger partial charge in [0.15, 0.2) is 0 Å². The Kier molecular flexibility index (Phi) is 4.67. The molecule has 18 heavy (non-hydrogen) atoms. The first-order valence-corrected chi connectivity index (χ1v) is 6.43. The van der Waals surface area contributed by atoms with Crippen LogP contribution in [0.1, 0.15) is 33.1 Å². The summed E-state index contributed by atoms with van der Waals surface area (Å²) in [6.45, 7) is 3.95. The van der Waals surface area contributed by atoms with Gasteiger partial charge in [0.25, 0.3) is 0 Å². The number of nitrogens with two attached hydrogens (primary N) is 1. The molecule has 1 atom stereocenters. The molecule has 0 heterocycles. The maximum Gasteiger partial charge on any atom is 0.328 e. The molecule has 0 spiro atoms. The van der Waals surface area contributed by atoms with Crippen LogP contribution in [0.3, 0.4) is 0 Å². The zero-order chi connectivity index (χ0) is 13.9. The van der Waals surface area contributed by atoms with Crippen LogP contribution in [-0.2, 0) is 14.3 Å². The molecule has 1 rings (SSSR count). The number of esters is 1. The SMILES string of the molecule is COC(=O)C(CC(C)C)NC(=O)C1(C(N)=S)CC1. The van der Waals surface area contributed by atoms with E-state index in [0.717, 1.165) is 0 Å². The second-order valence-electron chi connectivity index (χ2n) is 5.13. The van der Waals surface area contributed by atoms with Crippen LogP contribution in [-0.4, -0.2) is 30.0 Å². The topological polar surface area (TPSA) is 81.4 Å². The minimum Gasteiger partial charge on any atom is -0.467 e. The highest BCUT2D eigenvalue weighted by atomic mass is 32.1. The lowest BCUT2D eigenvalue weighted by atomic mass is 10.0. The fourth-order valence-electron chi connectivity index (χ4n) is 1.83. The van der Waals surface area contributed by atoms with Crippen molar-refractivity contribution in [3.05, 3.63) is 0 Å². The van der Waals surface area contributed by atoms with E-state index in [0.29, 0.717) is 19.3 Å². The highest BCUT2D eigenvalue weighted by Gasteiger charge is 2.53. The van der Waals surface area contributed by atoms with E-state index >= 15 is 0 Å². The number of carbonyl (C=O) groups excluding carboxylic acids is 2. The number of thiocarbonyl (C=S) groups is 1. The number of ether oxygens (including phenoxy) is 1. The quantitative estimate of drug-likeness (QED) is 0.551. The van der Waals surface area contributed by atoms with Crippen LogP contribution in [0.4, 0.5) is 0 Å². The van der Waals surface area contributed by atoms with Crippen molar-refractivity contribution < 1.29 is 14.3 Å². The lowest BCUT2D eigenvalue weighted by Crippen LogP contribution is -2.48. The van der Waals surface area contributed by atoms with Crippen molar-refractivity contribution in [2.45, 2.75) is 39.2 Å². The van der Waals surface area contributed by atoms with Gasteiger partial charge in [0, 0.05) is 0 Å². The Labute approximate surface area is 112 Å². The number of carbonyl (C=O) groups is 2. The van der Waals surface area contributed by atoms with Crippen molar-refractivity contribution in [3.8, 4) is 0 Å². The molecule has 1 aliphatic carbocycles. The third-order valence-electron chi connectivity index (χ3n) is 3.15. The van der Waals surface area contributed by atoms with Gasteiger partial charge in [0.1, 0.15) is 6.04 Å². The van der Waals surface area contributed by atoms with Crippen molar-refractivity contribution in [1.82, 2.24) is 5.32 Å². The number of hydrogen-bond donors (Lipinski definition) is 2. The molecular formula is C12H20N2O3S. The van der Waals surface area contributed by atoms with Crippen molar-refractivity contribution in [2.75, 3.05) is 7.11 Å². The molecule has 1 unspecified atom stereocenters. The highest BCUT2D eigenvalue weighted by molar-refractivity contribution is 7.80. The summed E-state index contributed by atoms with van der Waals surface area (Å²) in [7, 11) is 1.31. The molecule has 0 radical (unpaired) electrons. The van der Waals surface area contributed by atoms with Crippen LogP contribution in [0.2, 0.25) is 0 Å². The largest absolute Gasteiger partial charge is 0.467 e. The molecule has 6 heteroatoms. The van der Waals surface area contributed by atoms with E-state index < -0.39 is 17.4 Å². The number of rotatable bonds is 6. The monoisotopic (exact) mass is 272 g/mol. The molecule has 1 saturated carbocycles. The fourth-order valence-corrected chi connectivity index (χ4v) is 2.13. The Morgan fingerprint density at radius 2 is 2.00 bits per heavy atom. The Balaban J connectivity index is 2.69. The lowest BCUT2D eigenvalue weighted by Gasteiger charge is -2.21. The van der Waals surface area contributed by atoms with Gasteiger partial charge in [-0.25, -0.2) is 4.79 Å². The predicted octanol–water partition coefficient (Wildman–Crippen LogP) is 0.757. The van der Waals surface area contributed by atoms with E-state index in [1.165, 1.54) is 7.11 Å². The molecule has 102 valence electrons. The van der Waals surface area contributed by atoms with Crippen LogP contribution in [0.25, 0.3) is 0 Å². The normalized spacial score (nSPS) is 18.0. The van der Waals surface area contributed by atoms with Gasteiger partial charge in [0.2, 0.25) is 5.91 Å². The third-order valence-corrected chi connectivity index (χ3v) is 3.55. The Hall–Kier alpha value is -1.17. The van der Waals surface area contributed by atoms with Crippen molar-refractivity contribution >= 4 is 29.1 Å². The van der Waals surface area contributed by atoms with E-state index in [1.807, 2.05) is 13.8 Å². The van der Waals surface area contributed by atoms with E-state index in [9.17, 15) is 9.59 Å². The molecule has 1 fully saturated rings. The summed E-state index contributed by atoms with van der Waals surface area (Å²) in [5, 5.41) is 2.70. The molecule has 3 N–H and O–H groups in total. The van der Waals surface area contributed by atoms with Crippen molar-refractivity contribution in [2.24, 2.45) is 17.1 Å². The zero-order valence-corrected chi connectivity index (χ0v) is 11.8. The summed E-state index contributed by atoms with van der Waals surface area (Å²) in [5.74, 6) is -0.420. The van der Waals surface area contributed by atoms with Gasteiger partial charge in [-0.2, -0.15) is 0 Å². The van der Waals surface area contributed by atoms with Gasteiger partial charge >= 0.3 is 5.97 Å². The van der Waals surface area contributed by atoms with Crippen LogP contribution in [0, 0.1) is 11.3 Å². The number of hydrogen-bond acceptors (Lipinski definition) is 4. The molecule has 0 bridgehead atoms. The van der Waals surface area contributed by atoms with E-state index in [1.54, 1.807) is 0 Å². The molecule has 0 aromatic rings. The summed E-state index contributed by atoms with van der Waals surface area (Å²) in [4.78, 5) is 23.9. The number of methoxy groups -OCH3 is 1. The standard InChI is InChI=1S/C12H20N2O3S/c1-7(2)6-8(9(15)17-3)14-11(16)12(4-5-12)10(13)18/h7-8H,4-6H2,1-3H3,(H2,13,18)(H,14,16). The molecule has 0 aromatic carbocycles. The fraction of sp³-hybridized carbons (Fsp3) is 0.750. The first kappa shape index (κ1) is 14.9. The van der Waals surface area contributed by atoms with Crippen molar-refractivity contribution in [3.63, 3.8) is 0 Å². The zero-order valence-electron chi connectivity index (χ0n) is 11.0. The van der Waals surface area contributed by atoms with Gasteiger partial charge < -0.3 is 15.8 Å². The van der Waals surface area contributed by atoms with Gasteiger partial charge in [0.05, 0.1) is 17.5 Å². The van der Waals surface area contributed by atoms with Crippen LogP contribution >= 0.6 is 12.2 Å². The van der Waals surface area contributed by atoms with Gasteiger partial charge in [-0.05, 0) is 25.2 Å². The first-order chi connectivity index (χ1) is 8.33. The minimum atomic E-state index is -0.738. The van der Waals surface area contributed by atoms with Crippen LogP contribution in [0.15, 0.2) is 0 Å². The first-order valence-electron chi connectivity index (χ1n) is 6.02. The molecule has 1 amide bonds. The summed E-state index contributed by atoms with van der Waals surface area (Å²) in [5.41, 5.74) is 4.84. The Bertz CT molecular complexity index is 364. The molecule has 5 nitrogen and oxygen atoms in total. The molecule has 0 saturated heterocycles. The summed E-state index contributed by atoms with van der Waals surface area (Å²) in [6.07, 6.45) is 1.85. The lowest BCUT2D eigenvalue weighted by molar-refractivity contribution is -0.145. The molecule has 0 aliphatic heterocycles. The summed E-state index contributed by atoms with van der Waals surface area (Å²) in [6, 6.07) is -0.630. The van der Waals surface area contributed by atoms with E-state index in [-0.39, 0.29) is 16.8 Å². The third kappa shape index (κ3) is 3.19.